The van der Waals surface area contributed by atoms with Crippen LogP contribution in [0.15, 0.2) is 42.6 Å². The Balaban J connectivity index is 1.68. The lowest BCUT2D eigenvalue weighted by molar-refractivity contribution is 0.569. The molecule has 0 spiro atoms. The second-order valence-corrected chi connectivity index (χ2v) is 5.75. The molecule has 3 nitrogen and oxygen atoms in total. The number of rotatable bonds is 5. The summed E-state index contributed by atoms with van der Waals surface area (Å²) in [5.41, 5.74) is 4.09. The molecule has 1 aliphatic rings. The summed E-state index contributed by atoms with van der Waals surface area (Å²) in [4.78, 5) is 6.99. The molecule has 1 aromatic heterocycles. The average Bonchev–Trinajstić information content (AvgIpc) is 2.96. The molecular weight excluding hydrogens is 258 g/mol. The average molecular weight is 281 g/mol. The molecular formula is C18H23N3. The lowest BCUT2D eigenvalue weighted by Gasteiger charge is -2.18. The van der Waals surface area contributed by atoms with Gasteiger partial charge in [0.25, 0.3) is 0 Å². The quantitative estimate of drug-likeness (QED) is 0.906. The highest BCUT2D eigenvalue weighted by atomic mass is 15.2. The van der Waals surface area contributed by atoms with Crippen LogP contribution >= 0.6 is 0 Å². The van der Waals surface area contributed by atoms with E-state index in [9.17, 15) is 0 Å². The van der Waals surface area contributed by atoms with Gasteiger partial charge in [0.1, 0.15) is 5.82 Å². The van der Waals surface area contributed by atoms with E-state index in [1.54, 1.807) is 0 Å². The number of hydrogen-bond donors (Lipinski definition) is 1. The SMILES string of the molecule is CCCNC(C)c1ccc(N2Cc3ccccc3C2)nc1. The standard InChI is InChI=1S/C18H23N3/c1-3-10-19-14(2)15-8-9-18(20-11-15)21-12-16-6-4-5-7-17(16)13-21/h4-9,11,14,19H,3,10,12-13H2,1-2H3. The van der Waals surface area contributed by atoms with Gasteiger partial charge in [-0.1, -0.05) is 37.3 Å². The number of hydrogen-bond acceptors (Lipinski definition) is 3. The number of pyridine rings is 1. The summed E-state index contributed by atoms with van der Waals surface area (Å²) in [7, 11) is 0. The van der Waals surface area contributed by atoms with Crippen LogP contribution in [0.5, 0.6) is 0 Å². The second-order valence-electron chi connectivity index (χ2n) is 5.75. The van der Waals surface area contributed by atoms with Gasteiger partial charge in [-0.05, 0) is 42.6 Å². The fourth-order valence-corrected chi connectivity index (χ4v) is 2.81. The minimum atomic E-state index is 0.363. The summed E-state index contributed by atoms with van der Waals surface area (Å²) in [6.07, 6.45) is 3.16. The zero-order valence-electron chi connectivity index (χ0n) is 12.8. The summed E-state index contributed by atoms with van der Waals surface area (Å²) in [6.45, 7) is 7.35. The van der Waals surface area contributed by atoms with Gasteiger partial charge in [-0.15, -0.1) is 0 Å². The van der Waals surface area contributed by atoms with E-state index in [0.29, 0.717) is 6.04 Å². The normalized spacial score (nSPS) is 15.0. The first kappa shape index (κ1) is 14.1. The van der Waals surface area contributed by atoms with Gasteiger partial charge in [0.05, 0.1) is 0 Å². The lowest BCUT2D eigenvalue weighted by atomic mass is 10.1. The van der Waals surface area contributed by atoms with Gasteiger partial charge in [0.2, 0.25) is 0 Å². The van der Waals surface area contributed by atoms with Crippen molar-refractivity contribution in [3.8, 4) is 0 Å². The largest absolute Gasteiger partial charge is 0.348 e. The molecule has 1 aromatic carbocycles. The van der Waals surface area contributed by atoms with Crippen molar-refractivity contribution in [3.63, 3.8) is 0 Å². The molecule has 0 aliphatic carbocycles. The molecule has 0 saturated carbocycles. The van der Waals surface area contributed by atoms with Gasteiger partial charge in [-0.3, -0.25) is 0 Å². The number of aromatic nitrogens is 1. The van der Waals surface area contributed by atoms with E-state index >= 15 is 0 Å². The Morgan fingerprint density at radius 2 is 1.86 bits per heavy atom. The predicted octanol–water partition coefficient (Wildman–Crippen LogP) is 3.66. The molecule has 0 saturated heterocycles. The fourth-order valence-electron chi connectivity index (χ4n) is 2.81. The van der Waals surface area contributed by atoms with Crippen molar-refractivity contribution in [2.24, 2.45) is 0 Å². The minimum absolute atomic E-state index is 0.363. The summed E-state index contributed by atoms with van der Waals surface area (Å²) in [5, 5.41) is 3.50. The van der Waals surface area contributed by atoms with E-state index in [0.717, 1.165) is 31.9 Å². The van der Waals surface area contributed by atoms with E-state index in [-0.39, 0.29) is 0 Å². The molecule has 0 fully saturated rings. The summed E-state index contributed by atoms with van der Waals surface area (Å²) in [6, 6.07) is 13.3. The predicted molar refractivity (Wildman–Crippen MR) is 87.3 cm³/mol. The first-order valence-corrected chi connectivity index (χ1v) is 7.79. The smallest absolute Gasteiger partial charge is 0.129 e. The molecule has 1 aliphatic heterocycles. The van der Waals surface area contributed by atoms with Crippen LogP contribution in [0, 0.1) is 0 Å². The van der Waals surface area contributed by atoms with Crippen molar-refractivity contribution in [2.75, 3.05) is 11.4 Å². The van der Waals surface area contributed by atoms with Crippen LogP contribution < -0.4 is 10.2 Å². The molecule has 0 bridgehead atoms. The zero-order chi connectivity index (χ0) is 14.7. The van der Waals surface area contributed by atoms with Crippen LogP contribution in [-0.4, -0.2) is 11.5 Å². The van der Waals surface area contributed by atoms with Crippen molar-refractivity contribution >= 4 is 5.82 Å². The van der Waals surface area contributed by atoms with Gasteiger partial charge in [-0.2, -0.15) is 0 Å². The maximum absolute atomic E-state index is 4.66. The van der Waals surface area contributed by atoms with Gasteiger partial charge in [0.15, 0.2) is 0 Å². The van der Waals surface area contributed by atoms with Crippen molar-refractivity contribution < 1.29 is 0 Å². The van der Waals surface area contributed by atoms with Crippen molar-refractivity contribution in [1.29, 1.82) is 0 Å². The van der Waals surface area contributed by atoms with Crippen molar-refractivity contribution in [3.05, 3.63) is 59.3 Å². The van der Waals surface area contributed by atoms with E-state index < -0.39 is 0 Å². The molecule has 3 rings (SSSR count). The van der Waals surface area contributed by atoms with Crippen LogP contribution in [0.1, 0.15) is 43.0 Å². The highest BCUT2D eigenvalue weighted by molar-refractivity contribution is 5.47. The number of nitrogens with zero attached hydrogens (tertiary/aromatic N) is 2. The van der Waals surface area contributed by atoms with Crippen molar-refractivity contribution in [2.45, 2.75) is 39.4 Å². The fraction of sp³-hybridized carbons (Fsp3) is 0.389. The van der Waals surface area contributed by atoms with E-state index in [4.69, 9.17) is 0 Å². The van der Waals surface area contributed by atoms with Crippen LogP contribution in [-0.2, 0) is 13.1 Å². The van der Waals surface area contributed by atoms with Crippen LogP contribution in [0.4, 0.5) is 5.82 Å². The van der Waals surface area contributed by atoms with Gasteiger partial charge >= 0.3 is 0 Å². The number of nitrogens with one attached hydrogen (secondary N) is 1. The van der Waals surface area contributed by atoms with Gasteiger partial charge < -0.3 is 10.2 Å². The highest BCUT2D eigenvalue weighted by Gasteiger charge is 2.19. The number of fused-ring (bicyclic) bond motifs is 1. The van der Waals surface area contributed by atoms with E-state index in [1.165, 1.54) is 16.7 Å². The highest BCUT2D eigenvalue weighted by Crippen LogP contribution is 2.27. The maximum atomic E-state index is 4.66. The Morgan fingerprint density at radius 3 is 2.43 bits per heavy atom. The zero-order valence-corrected chi connectivity index (χ0v) is 12.8. The first-order chi connectivity index (χ1) is 10.3. The van der Waals surface area contributed by atoms with Gasteiger partial charge in [-0.25, -0.2) is 4.98 Å². The third-order valence-corrected chi connectivity index (χ3v) is 4.14. The molecule has 1 unspecified atom stereocenters. The summed E-state index contributed by atoms with van der Waals surface area (Å²) in [5.74, 6) is 1.07. The lowest BCUT2D eigenvalue weighted by Crippen LogP contribution is -2.20. The molecule has 110 valence electrons. The Morgan fingerprint density at radius 1 is 1.14 bits per heavy atom. The number of benzene rings is 1. The van der Waals surface area contributed by atoms with E-state index in [1.807, 2.05) is 6.20 Å². The van der Waals surface area contributed by atoms with Crippen LogP contribution in [0.3, 0.4) is 0 Å². The Bertz CT molecular complexity index is 567. The molecule has 2 aromatic rings. The molecule has 21 heavy (non-hydrogen) atoms. The second kappa shape index (κ2) is 6.27. The topological polar surface area (TPSA) is 28.2 Å². The Labute approximate surface area is 127 Å². The third-order valence-electron chi connectivity index (χ3n) is 4.14. The summed E-state index contributed by atoms with van der Waals surface area (Å²) < 4.78 is 0. The third kappa shape index (κ3) is 3.08. The molecule has 2 heterocycles. The maximum Gasteiger partial charge on any atom is 0.129 e. The Kier molecular flexibility index (Phi) is 4.20. The first-order valence-electron chi connectivity index (χ1n) is 7.79. The molecule has 3 heteroatoms. The molecule has 0 amide bonds. The summed E-state index contributed by atoms with van der Waals surface area (Å²) >= 11 is 0. The van der Waals surface area contributed by atoms with Crippen LogP contribution in [0.25, 0.3) is 0 Å². The van der Waals surface area contributed by atoms with Gasteiger partial charge in [0, 0.05) is 25.3 Å². The minimum Gasteiger partial charge on any atom is -0.348 e. The molecule has 1 atom stereocenters. The Hall–Kier alpha value is -1.87. The van der Waals surface area contributed by atoms with Crippen LogP contribution in [0.2, 0.25) is 0 Å². The number of anilines is 1. The van der Waals surface area contributed by atoms with E-state index in [2.05, 4.69) is 65.4 Å². The van der Waals surface area contributed by atoms with Crippen molar-refractivity contribution in [1.82, 2.24) is 10.3 Å². The molecule has 1 N–H and O–H groups in total. The monoisotopic (exact) mass is 281 g/mol. The molecule has 0 radical (unpaired) electrons.